The van der Waals surface area contributed by atoms with Gasteiger partial charge >= 0.3 is 11.9 Å². The Morgan fingerprint density at radius 3 is 2.15 bits per heavy atom. The zero-order chi connectivity index (χ0) is 20.9. The van der Waals surface area contributed by atoms with Crippen LogP contribution in [0.25, 0.3) is 0 Å². The van der Waals surface area contributed by atoms with Crippen molar-refractivity contribution in [3.63, 3.8) is 0 Å². The number of methoxy groups -OCH3 is 1. The van der Waals surface area contributed by atoms with E-state index in [1.165, 1.54) is 11.1 Å². The number of rotatable bonds is 9. The number of aryl methyl sites for hydroxylation is 1. The van der Waals surface area contributed by atoms with Crippen molar-refractivity contribution in [3.05, 3.63) is 29.3 Å². The standard InChI is InChI=1S/C18H31NO2.C2H2O4/c1-15-14-16(18(2,3)4)8-9-17(15)21-12-7-6-10-19-11-13-20-5;3-1(4)2(5)6/h8-9,14,19H,6-7,10-13H2,1-5H3;(H,3,4)(H,5,6). The van der Waals surface area contributed by atoms with E-state index in [-0.39, 0.29) is 5.41 Å². The highest BCUT2D eigenvalue weighted by atomic mass is 16.5. The Hall–Kier alpha value is -2.12. The van der Waals surface area contributed by atoms with E-state index >= 15 is 0 Å². The second-order valence-corrected chi connectivity index (χ2v) is 7.14. The Morgan fingerprint density at radius 2 is 1.67 bits per heavy atom. The average molecular weight is 383 g/mol. The Labute approximate surface area is 161 Å². The fourth-order valence-electron chi connectivity index (χ4n) is 2.11. The van der Waals surface area contributed by atoms with Gasteiger partial charge in [-0.2, -0.15) is 0 Å². The minimum atomic E-state index is -1.82. The van der Waals surface area contributed by atoms with Crippen molar-refractivity contribution in [2.24, 2.45) is 0 Å². The maximum absolute atomic E-state index is 9.10. The van der Waals surface area contributed by atoms with E-state index in [1.807, 2.05) is 0 Å². The SMILES string of the molecule is COCCNCCCCOc1ccc(C(C)(C)C)cc1C.O=C(O)C(=O)O. The molecule has 1 aromatic carbocycles. The molecule has 1 rings (SSSR count). The van der Waals surface area contributed by atoms with Gasteiger partial charge in [0, 0.05) is 13.7 Å². The monoisotopic (exact) mass is 383 g/mol. The Bertz CT molecular complexity index is 568. The molecule has 0 spiro atoms. The number of unbranched alkanes of at least 4 members (excludes halogenated alkanes) is 1. The third-order valence-corrected chi connectivity index (χ3v) is 3.71. The first-order valence-electron chi connectivity index (χ1n) is 8.99. The van der Waals surface area contributed by atoms with Crippen molar-refractivity contribution in [2.75, 3.05) is 33.4 Å². The van der Waals surface area contributed by atoms with Crippen LogP contribution in [0.2, 0.25) is 0 Å². The zero-order valence-electron chi connectivity index (χ0n) is 17.0. The summed E-state index contributed by atoms with van der Waals surface area (Å²) in [7, 11) is 1.72. The molecule has 27 heavy (non-hydrogen) atoms. The van der Waals surface area contributed by atoms with Crippen molar-refractivity contribution in [1.29, 1.82) is 0 Å². The molecule has 0 radical (unpaired) electrons. The van der Waals surface area contributed by atoms with Gasteiger partial charge in [0.05, 0.1) is 13.2 Å². The van der Waals surface area contributed by atoms with Gasteiger partial charge in [0.1, 0.15) is 5.75 Å². The fourth-order valence-corrected chi connectivity index (χ4v) is 2.11. The first-order valence-corrected chi connectivity index (χ1v) is 8.99. The normalized spacial score (nSPS) is 10.7. The fraction of sp³-hybridized carbons (Fsp3) is 0.600. The number of hydrogen-bond donors (Lipinski definition) is 3. The Kier molecular flexibility index (Phi) is 12.1. The van der Waals surface area contributed by atoms with Crippen LogP contribution < -0.4 is 10.1 Å². The second kappa shape index (κ2) is 13.1. The molecule has 0 bridgehead atoms. The molecule has 7 nitrogen and oxygen atoms in total. The average Bonchev–Trinajstić information content (AvgIpc) is 2.58. The predicted octanol–water partition coefficient (Wildman–Crippen LogP) is 2.84. The van der Waals surface area contributed by atoms with Crippen LogP contribution in [0.1, 0.15) is 44.7 Å². The largest absolute Gasteiger partial charge is 0.493 e. The number of carboxylic acids is 2. The predicted molar refractivity (Wildman–Crippen MR) is 105 cm³/mol. The molecular formula is C20H33NO6. The lowest BCUT2D eigenvalue weighted by Gasteiger charge is -2.20. The van der Waals surface area contributed by atoms with E-state index < -0.39 is 11.9 Å². The summed E-state index contributed by atoms with van der Waals surface area (Å²) in [5.41, 5.74) is 2.77. The van der Waals surface area contributed by atoms with Crippen LogP contribution in [-0.4, -0.2) is 55.6 Å². The molecule has 1 aromatic rings. The molecule has 0 saturated carbocycles. The number of carbonyl (C=O) groups is 2. The second-order valence-electron chi connectivity index (χ2n) is 7.14. The minimum absolute atomic E-state index is 0.192. The van der Waals surface area contributed by atoms with E-state index in [1.54, 1.807) is 7.11 Å². The number of carboxylic acid groups (broad SMARTS) is 2. The van der Waals surface area contributed by atoms with Crippen LogP contribution in [0.3, 0.4) is 0 Å². The molecule has 0 aliphatic carbocycles. The summed E-state index contributed by atoms with van der Waals surface area (Å²) < 4.78 is 10.9. The number of benzene rings is 1. The van der Waals surface area contributed by atoms with Gasteiger partial charge in [-0.25, -0.2) is 9.59 Å². The van der Waals surface area contributed by atoms with Gasteiger partial charge in [-0.3, -0.25) is 0 Å². The molecule has 154 valence electrons. The van der Waals surface area contributed by atoms with Crippen LogP contribution in [0.5, 0.6) is 5.75 Å². The van der Waals surface area contributed by atoms with Gasteiger partial charge < -0.3 is 25.0 Å². The molecule has 0 aromatic heterocycles. The van der Waals surface area contributed by atoms with E-state index in [2.05, 4.69) is 51.2 Å². The highest BCUT2D eigenvalue weighted by molar-refractivity contribution is 6.27. The quantitative estimate of drug-likeness (QED) is 0.445. The number of aliphatic carboxylic acids is 2. The summed E-state index contributed by atoms with van der Waals surface area (Å²) in [4.78, 5) is 18.2. The van der Waals surface area contributed by atoms with E-state index in [9.17, 15) is 0 Å². The van der Waals surface area contributed by atoms with Gasteiger partial charge in [0.25, 0.3) is 0 Å². The summed E-state index contributed by atoms with van der Waals surface area (Å²) in [6, 6.07) is 6.52. The van der Waals surface area contributed by atoms with Gasteiger partial charge in [0.15, 0.2) is 0 Å². The van der Waals surface area contributed by atoms with Crippen molar-refractivity contribution >= 4 is 11.9 Å². The summed E-state index contributed by atoms with van der Waals surface area (Å²) in [5, 5.41) is 18.1. The highest BCUT2D eigenvalue weighted by Crippen LogP contribution is 2.27. The maximum atomic E-state index is 9.10. The van der Waals surface area contributed by atoms with Crippen LogP contribution in [0, 0.1) is 6.92 Å². The number of ether oxygens (including phenoxy) is 2. The van der Waals surface area contributed by atoms with E-state index in [4.69, 9.17) is 29.3 Å². The van der Waals surface area contributed by atoms with Gasteiger partial charge in [0.2, 0.25) is 0 Å². The van der Waals surface area contributed by atoms with E-state index in [0.29, 0.717) is 0 Å². The Morgan fingerprint density at radius 1 is 1.04 bits per heavy atom. The van der Waals surface area contributed by atoms with Gasteiger partial charge in [-0.1, -0.05) is 32.9 Å². The lowest BCUT2D eigenvalue weighted by atomic mass is 9.86. The van der Waals surface area contributed by atoms with Gasteiger partial charge in [-0.05, 0) is 48.9 Å². The van der Waals surface area contributed by atoms with Crippen LogP contribution in [0.4, 0.5) is 0 Å². The lowest BCUT2D eigenvalue weighted by Crippen LogP contribution is -2.20. The molecule has 0 saturated heterocycles. The number of hydrogen-bond acceptors (Lipinski definition) is 5. The molecule has 3 N–H and O–H groups in total. The third kappa shape index (κ3) is 12.0. The van der Waals surface area contributed by atoms with Gasteiger partial charge in [-0.15, -0.1) is 0 Å². The molecule has 0 fully saturated rings. The Balaban J connectivity index is 0.000000972. The first-order chi connectivity index (χ1) is 12.6. The van der Waals surface area contributed by atoms with Crippen molar-refractivity contribution < 1.29 is 29.3 Å². The molecule has 7 heteroatoms. The zero-order valence-corrected chi connectivity index (χ0v) is 17.0. The molecular weight excluding hydrogens is 350 g/mol. The summed E-state index contributed by atoms with van der Waals surface area (Å²) in [5.74, 6) is -2.64. The van der Waals surface area contributed by atoms with Crippen LogP contribution >= 0.6 is 0 Å². The molecule has 0 amide bonds. The topological polar surface area (TPSA) is 105 Å². The van der Waals surface area contributed by atoms with Crippen LogP contribution in [0.15, 0.2) is 18.2 Å². The molecule has 0 aliphatic rings. The van der Waals surface area contributed by atoms with Crippen molar-refractivity contribution in [3.8, 4) is 5.75 Å². The molecule has 0 heterocycles. The molecule has 0 unspecified atom stereocenters. The lowest BCUT2D eigenvalue weighted by molar-refractivity contribution is -0.159. The molecule has 0 atom stereocenters. The number of nitrogens with one attached hydrogen (secondary N) is 1. The van der Waals surface area contributed by atoms with Crippen LogP contribution in [-0.2, 0) is 19.7 Å². The summed E-state index contributed by atoms with van der Waals surface area (Å²) in [6.45, 7) is 12.3. The molecule has 0 aliphatic heterocycles. The summed E-state index contributed by atoms with van der Waals surface area (Å²) in [6.07, 6.45) is 2.20. The minimum Gasteiger partial charge on any atom is -0.493 e. The van der Waals surface area contributed by atoms with Crippen molar-refractivity contribution in [2.45, 2.75) is 46.0 Å². The third-order valence-electron chi connectivity index (χ3n) is 3.71. The first kappa shape index (κ1) is 24.9. The highest BCUT2D eigenvalue weighted by Gasteiger charge is 2.14. The smallest absolute Gasteiger partial charge is 0.414 e. The summed E-state index contributed by atoms with van der Waals surface area (Å²) >= 11 is 0. The van der Waals surface area contributed by atoms with Crippen molar-refractivity contribution in [1.82, 2.24) is 5.32 Å². The maximum Gasteiger partial charge on any atom is 0.414 e. The van der Waals surface area contributed by atoms with E-state index in [0.717, 1.165) is 44.9 Å².